The van der Waals surface area contributed by atoms with Crippen LogP contribution >= 0.6 is 0 Å². The number of fused-ring (bicyclic) bond motifs is 6. The van der Waals surface area contributed by atoms with Crippen LogP contribution in [-0.2, 0) is 6.18 Å². The number of alkyl halides is 3. The molecule has 0 fully saturated rings. The highest BCUT2D eigenvalue weighted by Gasteiger charge is 2.35. The molecular weight excluding hydrogens is 848 g/mol. The van der Waals surface area contributed by atoms with Gasteiger partial charge in [0.25, 0.3) is 0 Å². The molecule has 0 aliphatic heterocycles. The van der Waals surface area contributed by atoms with Crippen molar-refractivity contribution >= 4 is 43.6 Å². The second kappa shape index (κ2) is 16.1. The molecule has 5 nitrogen and oxygen atoms in total. The van der Waals surface area contributed by atoms with Crippen LogP contribution < -0.4 is 0 Å². The van der Waals surface area contributed by atoms with Crippen LogP contribution in [-0.4, -0.2) is 19.1 Å². The second-order valence-electron chi connectivity index (χ2n) is 16.7. The van der Waals surface area contributed by atoms with Crippen LogP contribution in [0.5, 0.6) is 0 Å². The number of aromatic nitrogens is 4. The molecule has 0 amide bonds. The molecule has 68 heavy (non-hydrogen) atoms. The quantitative estimate of drug-likeness (QED) is 0.160. The fourth-order valence-electron chi connectivity index (χ4n) is 10.00. The fraction of sp³-hybridized carbons (Fsp3) is 0.0167. The van der Waals surface area contributed by atoms with E-state index in [0.29, 0.717) is 11.4 Å². The Morgan fingerprint density at radius 3 is 1.43 bits per heavy atom. The van der Waals surface area contributed by atoms with Crippen molar-refractivity contribution in [3.8, 4) is 73.3 Å². The zero-order valence-electron chi connectivity index (χ0n) is 36.2. The van der Waals surface area contributed by atoms with Crippen LogP contribution in [0.2, 0.25) is 0 Å². The summed E-state index contributed by atoms with van der Waals surface area (Å²) in [5, 5.41) is 15.5. The molecule has 0 unspecified atom stereocenters. The van der Waals surface area contributed by atoms with Gasteiger partial charge in [-0.3, -0.25) is 9.97 Å². The maximum absolute atomic E-state index is 15.2. The first kappa shape index (κ1) is 40.4. The lowest BCUT2D eigenvalue weighted by Gasteiger charge is -2.22. The van der Waals surface area contributed by atoms with Crippen molar-refractivity contribution in [2.45, 2.75) is 6.18 Å². The van der Waals surface area contributed by atoms with Gasteiger partial charge in [-0.2, -0.15) is 18.4 Å². The minimum atomic E-state index is -4.68. The Labute approximate surface area is 388 Å². The number of nitrogens with zero attached hydrogens (tertiary/aromatic N) is 5. The summed E-state index contributed by atoms with van der Waals surface area (Å²) in [6, 6.07) is 68.0. The van der Waals surface area contributed by atoms with Crippen LogP contribution in [0.3, 0.4) is 0 Å². The topological polar surface area (TPSA) is 59.4 Å². The van der Waals surface area contributed by atoms with E-state index in [1.54, 1.807) is 30.6 Å². The second-order valence-corrected chi connectivity index (χ2v) is 16.7. The lowest BCUT2D eigenvalue weighted by atomic mass is 9.94. The molecule has 0 saturated heterocycles. The van der Waals surface area contributed by atoms with Gasteiger partial charge in [-0.15, -0.1) is 0 Å². The molecule has 322 valence electrons. The molecule has 8 aromatic carbocycles. The number of pyridine rings is 2. The van der Waals surface area contributed by atoms with Crippen molar-refractivity contribution in [2.75, 3.05) is 0 Å². The number of hydrogen-bond acceptors (Lipinski definition) is 3. The van der Waals surface area contributed by atoms with E-state index in [1.807, 2.05) is 126 Å². The minimum Gasteiger partial charge on any atom is -0.308 e. The zero-order chi connectivity index (χ0) is 45.9. The predicted molar refractivity (Wildman–Crippen MR) is 268 cm³/mol. The molecule has 12 rings (SSSR count). The third kappa shape index (κ3) is 6.55. The van der Waals surface area contributed by atoms with Crippen LogP contribution in [0.15, 0.2) is 219 Å². The van der Waals surface area contributed by atoms with E-state index in [0.717, 1.165) is 94.4 Å². The summed E-state index contributed by atoms with van der Waals surface area (Å²) in [5.41, 5.74) is 10.8. The monoisotopic (exact) mass is 883 g/mol. The van der Waals surface area contributed by atoms with E-state index in [4.69, 9.17) is 9.97 Å². The summed E-state index contributed by atoms with van der Waals surface area (Å²) in [6.45, 7) is 0. The molecule has 4 aromatic heterocycles. The van der Waals surface area contributed by atoms with Gasteiger partial charge in [0.2, 0.25) is 0 Å². The SMILES string of the molecule is N#Cc1c(-n2c3ccccc3c3ccc(-c4cccnc4-c4ccccc4)cc32)ccc(-c2ccccc2C(F)(F)F)c1-n1c2ccccc2c2ccc(-c3cccnc3-c3ccccc3)cc21. The molecule has 0 atom stereocenters. The summed E-state index contributed by atoms with van der Waals surface area (Å²) < 4.78 is 49.6. The van der Waals surface area contributed by atoms with Crippen molar-refractivity contribution in [2.24, 2.45) is 0 Å². The average Bonchev–Trinajstić information content (AvgIpc) is 3.90. The van der Waals surface area contributed by atoms with Crippen molar-refractivity contribution in [1.82, 2.24) is 19.1 Å². The average molecular weight is 884 g/mol. The number of halogens is 3. The van der Waals surface area contributed by atoms with Crippen LogP contribution in [0.1, 0.15) is 11.1 Å². The summed E-state index contributed by atoms with van der Waals surface area (Å²) in [6.07, 6.45) is -1.13. The number of hydrogen-bond donors (Lipinski definition) is 0. The maximum Gasteiger partial charge on any atom is 0.417 e. The smallest absolute Gasteiger partial charge is 0.308 e. The number of para-hydroxylation sites is 2. The lowest BCUT2D eigenvalue weighted by Crippen LogP contribution is -2.10. The van der Waals surface area contributed by atoms with Gasteiger partial charge in [0.05, 0.1) is 50.4 Å². The molecule has 4 heterocycles. The Hall–Kier alpha value is -9.06. The normalized spacial score (nSPS) is 11.7. The highest BCUT2D eigenvalue weighted by atomic mass is 19.4. The molecule has 0 aliphatic rings. The van der Waals surface area contributed by atoms with Crippen LogP contribution in [0.4, 0.5) is 13.2 Å². The Balaban J connectivity index is 1.19. The molecular formula is C60H36F3N5. The zero-order valence-corrected chi connectivity index (χ0v) is 36.2. The van der Waals surface area contributed by atoms with Gasteiger partial charge in [-0.25, -0.2) is 0 Å². The maximum atomic E-state index is 15.2. The van der Waals surface area contributed by atoms with Gasteiger partial charge in [0.1, 0.15) is 11.6 Å². The minimum absolute atomic E-state index is 0.0340. The first-order valence-corrected chi connectivity index (χ1v) is 22.2. The first-order chi connectivity index (χ1) is 33.4. The third-order valence-electron chi connectivity index (χ3n) is 12.9. The predicted octanol–water partition coefficient (Wildman–Crippen LogP) is 15.9. The van der Waals surface area contributed by atoms with Crippen molar-refractivity contribution < 1.29 is 13.2 Å². The molecule has 0 bridgehead atoms. The molecule has 12 aromatic rings. The van der Waals surface area contributed by atoms with Gasteiger partial charge < -0.3 is 9.13 Å². The van der Waals surface area contributed by atoms with Gasteiger partial charge in [0.15, 0.2) is 0 Å². The van der Waals surface area contributed by atoms with E-state index in [-0.39, 0.29) is 16.7 Å². The largest absolute Gasteiger partial charge is 0.417 e. The van der Waals surface area contributed by atoms with E-state index in [9.17, 15) is 5.26 Å². The molecule has 0 spiro atoms. The van der Waals surface area contributed by atoms with Crippen molar-refractivity contribution in [1.29, 1.82) is 5.26 Å². The van der Waals surface area contributed by atoms with E-state index >= 15 is 13.2 Å². The Bertz CT molecular complexity index is 3970. The van der Waals surface area contributed by atoms with E-state index < -0.39 is 11.7 Å². The van der Waals surface area contributed by atoms with Crippen LogP contribution in [0.25, 0.3) is 111 Å². The van der Waals surface area contributed by atoms with Gasteiger partial charge in [-0.05, 0) is 65.2 Å². The van der Waals surface area contributed by atoms with E-state index in [2.05, 4.69) is 59.2 Å². The van der Waals surface area contributed by atoms with Gasteiger partial charge >= 0.3 is 6.18 Å². The van der Waals surface area contributed by atoms with Crippen molar-refractivity contribution in [3.63, 3.8) is 0 Å². The number of rotatable bonds is 7. The third-order valence-corrected chi connectivity index (χ3v) is 12.9. The first-order valence-electron chi connectivity index (χ1n) is 22.2. The van der Waals surface area contributed by atoms with Gasteiger partial charge in [0, 0.05) is 61.8 Å². The number of nitriles is 1. The molecule has 0 N–H and O–H groups in total. The summed E-state index contributed by atoms with van der Waals surface area (Å²) in [7, 11) is 0. The molecule has 0 aliphatic carbocycles. The lowest BCUT2D eigenvalue weighted by molar-refractivity contribution is -0.137. The Morgan fingerprint density at radius 1 is 0.397 bits per heavy atom. The summed E-state index contributed by atoms with van der Waals surface area (Å²) >= 11 is 0. The summed E-state index contributed by atoms with van der Waals surface area (Å²) in [5.74, 6) is 0. The Kier molecular flexibility index (Phi) is 9.59. The summed E-state index contributed by atoms with van der Waals surface area (Å²) in [4.78, 5) is 9.63. The molecule has 0 radical (unpaired) electrons. The fourth-order valence-corrected chi connectivity index (χ4v) is 10.00. The highest BCUT2D eigenvalue weighted by Crippen LogP contribution is 2.46. The van der Waals surface area contributed by atoms with E-state index in [1.165, 1.54) is 12.1 Å². The molecule has 8 heteroatoms. The molecule has 0 saturated carbocycles. The standard InChI is InChI=1S/C60H36F3N5/c61-60(62,63)51-24-10-7-19-44(51)49-31-32-54(67-52-25-11-8-20-45(52)47-29-27-40(35-55(47)67)42-22-13-33-65-57(42)38-15-3-1-4-16-38)50(37-64)59(49)68-53-26-12-9-21-46(53)48-30-28-41(36-56(48)68)43-23-14-34-66-58(43)39-17-5-2-6-18-39/h1-36H. The van der Waals surface area contributed by atoms with Crippen molar-refractivity contribution in [3.05, 3.63) is 230 Å². The Morgan fingerprint density at radius 2 is 0.868 bits per heavy atom. The number of benzene rings is 8. The highest BCUT2D eigenvalue weighted by molar-refractivity contribution is 6.13. The van der Waals surface area contributed by atoms with Gasteiger partial charge in [-0.1, -0.05) is 158 Å². The van der Waals surface area contributed by atoms with Crippen LogP contribution in [0, 0.1) is 11.3 Å².